The molecule has 3 aromatic carbocycles. The van der Waals surface area contributed by atoms with Crippen molar-refractivity contribution in [3.05, 3.63) is 78.4 Å². The van der Waals surface area contributed by atoms with Gasteiger partial charge in [-0.05, 0) is 54.1 Å². The van der Waals surface area contributed by atoms with Crippen molar-refractivity contribution < 1.29 is 28.6 Å². The standard InChI is InChI=1S/C32H35N5O6/c38-30(34-24-7-9-26(10-8-24)43-25-4-2-1-3-5-25)19-27-32(40)33-12-13-37(27)31(39)21-36-16-14-35(15-17-36)20-23-6-11-28-29(18-23)42-22-41-28/h1-11,18,27H,12-17,19-22H2,(H,33,40)(H,34,38)/t27-/m0/s1. The molecule has 2 saturated heterocycles. The van der Waals surface area contributed by atoms with Gasteiger partial charge in [-0.3, -0.25) is 24.2 Å². The lowest BCUT2D eigenvalue weighted by Gasteiger charge is -2.38. The molecule has 6 rings (SSSR count). The van der Waals surface area contributed by atoms with Crippen molar-refractivity contribution in [2.45, 2.75) is 19.0 Å². The summed E-state index contributed by atoms with van der Waals surface area (Å²) in [6, 6.07) is 21.6. The smallest absolute Gasteiger partial charge is 0.243 e. The molecule has 0 unspecified atom stereocenters. The second-order valence-corrected chi connectivity index (χ2v) is 10.8. The molecular formula is C32H35N5O6. The highest BCUT2D eigenvalue weighted by molar-refractivity contribution is 5.97. The monoisotopic (exact) mass is 585 g/mol. The van der Waals surface area contributed by atoms with Crippen LogP contribution in [0, 0.1) is 0 Å². The molecule has 0 aliphatic carbocycles. The van der Waals surface area contributed by atoms with E-state index in [-0.39, 0.29) is 37.5 Å². The Labute approximate surface area is 250 Å². The highest BCUT2D eigenvalue weighted by atomic mass is 16.7. The Morgan fingerprint density at radius 2 is 1.58 bits per heavy atom. The van der Waals surface area contributed by atoms with E-state index in [4.69, 9.17) is 14.2 Å². The normalized spacial score (nSPS) is 18.7. The van der Waals surface area contributed by atoms with E-state index < -0.39 is 6.04 Å². The number of amides is 3. The van der Waals surface area contributed by atoms with Crippen molar-refractivity contribution in [3.63, 3.8) is 0 Å². The van der Waals surface area contributed by atoms with E-state index in [1.807, 2.05) is 42.5 Å². The molecule has 3 aromatic rings. The van der Waals surface area contributed by atoms with E-state index in [9.17, 15) is 14.4 Å². The number of rotatable bonds is 9. The minimum absolute atomic E-state index is 0.122. The lowest BCUT2D eigenvalue weighted by molar-refractivity contribution is -0.145. The first-order chi connectivity index (χ1) is 21.0. The first-order valence-corrected chi connectivity index (χ1v) is 14.5. The number of nitrogens with one attached hydrogen (secondary N) is 2. The predicted molar refractivity (Wildman–Crippen MR) is 159 cm³/mol. The molecule has 2 fully saturated rings. The molecule has 43 heavy (non-hydrogen) atoms. The van der Waals surface area contributed by atoms with Crippen molar-refractivity contribution in [1.29, 1.82) is 0 Å². The molecule has 0 bridgehead atoms. The number of nitrogens with zero attached hydrogens (tertiary/aromatic N) is 3. The summed E-state index contributed by atoms with van der Waals surface area (Å²) in [5, 5.41) is 5.64. The summed E-state index contributed by atoms with van der Waals surface area (Å²) >= 11 is 0. The fourth-order valence-corrected chi connectivity index (χ4v) is 5.52. The molecule has 224 valence electrons. The number of piperazine rings is 2. The third-order valence-electron chi connectivity index (χ3n) is 7.81. The lowest BCUT2D eigenvalue weighted by atomic mass is 10.1. The third-order valence-corrected chi connectivity index (χ3v) is 7.81. The fourth-order valence-electron chi connectivity index (χ4n) is 5.52. The van der Waals surface area contributed by atoms with Crippen LogP contribution in [0.25, 0.3) is 0 Å². The Morgan fingerprint density at radius 3 is 2.37 bits per heavy atom. The molecule has 3 aliphatic heterocycles. The zero-order valence-corrected chi connectivity index (χ0v) is 23.9. The summed E-state index contributed by atoms with van der Waals surface area (Å²) in [6.45, 7) is 5.14. The number of hydrogen-bond acceptors (Lipinski definition) is 8. The van der Waals surface area contributed by atoms with Gasteiger partial charge in [0.25, 0.3) is 0 Å². The average Bonchev–Trinajstić information content (AvgIpc) is 3.49. The maximum atomic E-state index is 13.3. The molecule has 11 nitrogen and oxygen atoms in total. The summed E-state index contributed by atoms with van der Waals surface area (Å²) in [5.74, 6) is 2.12. The van der Waals surface area contributed by atoms with Crippen LogP contribution in [0.15, 0.2) is 72.8 Å². The second-order valence-electron chi connectivity index (χ2n) is 10.8. The van der Waals surface area contributed by atoms with Crippen LogP contribution < -0.4 is 24.8 Å². The van der Waals surface area contributed by atoms with Gasteiger partial charge in [0, 0.05) is 51.5 Å². The van der Waals surface area contributed by atoms with Crippen LogP contribution in [0.4, 0.5) is 5.69 Å². The van der Waals surface area contributed by atoms with Crippen molar-refractivity contribution in [1.82, 2.24) is 20.0 Å². The Balaban J connectivity index is 0.981. The summed E-state index contributed by atoms with van der Waals surface area (Å²) < 4.78 is 16.7. The SMILES string of the molecule is O=C(C[C@H]1C(=O)NCCN1C(=O)CN1CCN(Cc2ccc3c(c2)OCO3)CC1)Nc1ccc(Oc2ccccc2)cc1. The van der Waals surface area contributed by atoms with E-state index in [1.54, 1.807) is 29.2 Å². The molecular weight excluding hydrogens is 550 g/mol. The number of carbonyl (C=O) groups excluding carboxylic acids is 3. The van der Waals surface area contributed by atoms with Crippen molar-refractivity contribution in [2.24, 2.45) is 0 Å². The Kier molecular flexibility index (Phi) is 8.71. The van der Waals surface area contributed by atoms with Crippen LogP contribution in [0.2, 0.25) is 0 Å². The van der Waals surface area contributed by atoms with Gasteiger partial charge in [0.05, 0.1) is 13.0 Å². The second kappa shape index (κ2) is 13.1. The topological polar surface area (TPSA) is 113 Å². The molecule has 2 N–H and O–H groups in total. The largest absolute Gasteiger partial charge is 0.457 e. The van der Waals surface area contributed by atoms with E-state index in [0.717, 1.165) is 55.5 Å². The number of ether oxygens (including phenoxy) is 3. The van der Waals surface area contributed by atoms with Gasteiger partial charge >= 0.3 is 0 Å². The van der Waals surface area contributed by atoms with Gasteiger partial charge in [-0.25, -0.2) is 0 Å². The number of carbonyl (C=O) groups is 3. The Bertz CT molecular complexity index is 1440. The lowest BCUT2D eigenvalue weighted by Crippen LogP contribution is -2.60. The molecule has 0 saturated carbocycles. The average molecular weight is 586 g/mol. The molecule has 0 aromatic heterocycles. The van der Waals surface area contributed by atoms with Gasteiger partial charge in [0.2, 0.25) is 24.5 Å². The first kappa shape index (κ1) is 28.5. The number of para-hydroxylation sites is 1. The zero-order valence-electron chi connectivity index (χ0n) is 23.9. The number of hydrogen-bond donors (Lipinski definition) is 2. The molecule has 0 radical (unpaired) electrons. The van der Waals surface area contributed by atoms with E-state index in [1.165, 1.54) is 0 Å². The summed E-state index contributed by atoms with van der Waals surface area (Å²) in [5.41, 5.74) is 1.74. The minimum Gasteiger partial charge on any atom is -0.457 e. The van der Waals surface area contributed by atoms with Crippen LogP contribution in [0.3, 0.4) is 0 Å². The molecule has 3 heterocycles. The molecule has 3 amide bonds. The number of anilines is 1. The maximum Gasteiger partial charge on any atom is 0.243 e. The summed E-state index contributed by atoms with van der Waals surface area (Å²) in [4.78, 5) is 45.0. The zero-order chi connectivity index (χ0) is 29.6. The Hall–Kier alpha value is -4.61. The van der Waals surface area contributed by atoms with Gasteiger partial charge < -0.3 is 29.7 Å². The van der Waals surface area contributed by atoms with Gasteiger partial charge in [0.1, 0.15) is 17.5 Å². The number of benzene rings is 3. The minimum atomic E-state index is -0.853. The van der Waals surface area contributed by atoms with E-state index in [0.29, 0.717) is 24.5 Å². The van der Waals surface area contributed by atoms with Crippen LogP contribution >= 0.6 is 0 Å². The van der Waals surface area contributed by atoms with Gasteiger partial charge in [0.15, 0.2) is 11.5 Å². The fraction of sp³-hybridized carbons (Fsp3) is 0.344. The van der Waals surface area contributed by atoms with Crippen LogP contribution in [-0.2, 0) is 20.9 Å². The van der Waals surface area contributed by atoms with Crippen LogP contribution in [0.5, 0.6) is 23.0 Å². The quantitative estimate of drug-likeness (QED) is 0.394. The van der Waals surface area contributed by atoms with E-state index >= 15 is 0 Å². The summed E-state index contributed by atoms with van der Waals surface area (Å²) in [7, 11) is 0. The third kappa shape index (κ3) is 7.25. The van der Waals surface area contributed by atoms with Crippen molar-refractivity contribution in [2.75, 3.05) is 57.9 Å². The van der Waals surface area contributed by atoms with E-state index in [2.05, 4.69) is 26.5 Å². The predicted octanol–water partition coefficient (Wildman–Crippen LogP) is 2.68. The Morgan fingerprint density at radius 1 is 0.860 bits per heavy atom. The van der Waals surface area contributed by atoms with Crippen LogP contribution in [0.1, 0.15) is 12.0 Å². The first-order valence-electron chi connectivity index (χ1n) is 14.5. The molecule has 11 heteroatoms. The van der Waals surface area contributed by atoms with Crippen molar-refractivity contribution in [3.8, 4) is 23.0 Å². The summed E-state index contributed by atoms with van der Waals surface area (Å²) in [6.07, 6.45) is -0.122. The van der Waals surface area contributed by atoms with Gasteiger partial charge in [-0.15, -0.1) is 0 Å². The molecule has 1 atom stereocenters. The van der Waals surface area contributed by atoms with Gasteiger partial charge in [-0.1, -0.05) is 24.3 Å². The van der Waals surface area contributed by atoms with Crippen molar-refractivity contribution >= 4 is 23.4 Å². The number of fused-ring (bicyclic) bond motifs is 1. The molecule has 3 aliphatic rings. The highest BCUT2D eigenvalue weighted by Crippen LogP contribution is 2.33. The van der Waals surface area contributed by atoms with Crippen LogP contribution in [-0.4, -0.2) is 91.1 Å². The maximum absolute atomic E-state index is 13.3. The van der Waals surface area contributed by atoms with Gasteiger partial charge in [-0.2, -0.15) is 0 Å². The molecule has 0 spiro atoms. The highest BCUT2D eigenvalue weighted by Gasteiger charge is 2.35.